The number of hydrogen-bond donors (Lipinski definition) is 2. The number of rotatable bonds is 5. The van der Waals surface area contributed by atoms with Crippen LogP contribution in [0.2, 0.25) is 0 Å². The summed E-state index contributed by atoms with van der Waals surface area (Å²) < 4.78 is 10.2. The van der Waals surface area contributed by atoms with E-state index in [-0.39, 0.29) is 0 Å². The molecule has 0 aromatic heterocycles. The van der Waals surface area contributed by atoms with E-state index < -0.39 is 29.5 Å². The van der Waals surface area contributed by atoms with E-state index in [1.807, 2.05) is 0 Å². The molecule has 116 valence electrons. The van der Waals surface area contributed by atoms with E-state index in [2.05, 4.69) is 0 Å². The molecule has 0 saturated heterocycles. The van der Waals surface area contributed by atoms with Crippen LogP contribution in [0.3, 0.4) is 0 Å². The molecule has 0 aliphatic carbocycles. The van der Waals surface area contributed by atoms with Gasteiger partial charge in [0.25, 0.3) is 0 Å². The van der Waals surface area contributed by atoms with Crippen molar-refractivity contribution < 1.29 is 24.2 Å². The summed E-state index contributed by atoms with van der Waals surface area (Å²) in [5, 5.41) is 9.29. The van der Waals surface area contributed by atoms with Crippen LogP contribution >= 0.6 is 0 Å². The summed E-state index contributed by atoms with van der Waals surface area (Å²) in [6.07, 6.45) is 0. The topological polar surface area (TPSA) is 98.9 Å². The molecule has 0 bridgehead atoms. The first-order chi connectivity index (χ1) is 9.65. The van der Waals surface area contributed by atoms with Crippen LogP contribution < -0.4 is 10.5 Å². The van der Waals surface area contributed by atoms with Crippen LogP contribution in [0.1, 0.15) is 32.4 Å². The predicted octanol–water partition coefficient (Wildman–Crippen LogP) is 1.74. The number of aliphatic carboxylic acids is 1. The van der Waals surface area contributed by atoms with Crippen LogP contribution in [0.5, 0.6) is 5.75 Å². The molecule has 0 radical (unpaired) electrons. The van der Waals surface area contributed by atoms with Crippen molar-refractivity contribution in [1.82, 2.24) is 0 Å². The first-order valence-corrected chi connectivity index (χ1v) is 6.51. The molecule has 0 amide bonds. The van der Waals surface area contributed by atoms with Gasteiger partial charge in [-0.25, -0.2) is 0 Å². The highest BCUT2D eigenvalue weighted by Gasteiger charge is 2.37. The Bertz CT molecular complexity index is 521. The maximum atomic E-state index is 12.1. The summed E-state index contributed by atoms with van der Waals surface area (Å²) >= 11 is 0. The first kappa shape index (κ1) is 17.0. The molecule has 6 heteroatoms. The number of carboxylic acid groups (broad SMARTS) is 1. The first-order valence-electron chi connectivity index (χ1n) is 6.51. The molecular weight excluding hydrogens is 274 g/mol. The fraction of sp³-hybridized carbons (Fsp3) is 0.467. The molecule has 1 rings (SSSR count). The molecule has 6 nitrogen and oxygen atoms in total. The summed E-state index contributed by atoms with van der Waals surface area (Å²) in [5.74, 6) is -3.11. The van der Waals surface area contributed by atoms with Crippen molar-refractivity contribution in [3.05, 3.63) is 29.8 Å². The minimum absolute atomic E-state index is 0.493. The van der Waals surface area contributed by atoms with E-state index in [4.69, 9.17) is 15.2 Å². The molecule has 1 unspecified atom stereocenters. The maximum absolute atomic E-state index is 12.1. The number of nitrogens with two attached hydrogens (primary N) is 1. The lowest BCUT2D eigenvalue weighted by molar-refractivity contribution is -0.167. The normalized spacial score (nSPS) is 14.1. The molecule has 21 heavy (non-hydrogen) atoms. The Labute approximate surface area is 123 Å². The second-order valence-corrected chi connectivity index (χ2v) is 5.65. The molecule has 3 N–H and O–H groups in total. The molecule has 0 heterocycles. The van der Waals surface area contributed by atoms with Crippen molar-refractivity contribution in [2.75, 3.05) is 7.11 Å². The zero-order valence-corrected chi connectivity index (χ0v) is 12.6. The fourth-order valence-corrected chi connectivity index (χ4v) is 1.81. The van der Waals surface area contributed by atoms with Gasteiger partial charge in [-0.3, -0.25) is 9.59 Å². The standard InChI is InChI=1S/C15H21NO5/c1-15(2,3)21-14(19)11(13(17)18)12(16)9-6-5-7-10(8-9)20-4/h5-8,11-12H,16H2,1-4H3,(H,17,18)/t11-,12?/m0/s1. The van der Waals surface area contributed by atoms with Gasteiger partial charge < -0.3 is 20.3 Å². The van der Waals surface area contributed by atoms with Gasteiger partial charge in [-0.1, -0.05) is 12.1 Å². The van der Waals surface area contributed by atoms with Gasteiger partial charge in [-0.05, 0) is 38.5 Å². The Morgan fingerprint density at radius 2 is 1.90 bits per heavy atom. The Morgan fingerprint density at radius 3 is 2.38 bits per heavy atom. The SMILES string of the molecule is COc1cccc(C(N)[C@@H](C(=O)O)C(=O)OC(C)(C)C)c1. The Hall–Kier alpha value is -2.08. The van der Waals surface area contributed by atoms with Crippen molar-refractivity contribution >= 4 is 11.9 Å². The van der Waals surface area contributed by atoms with Crippen molar-refractivity contribution in [2.24, 2.45) is 11.7 Å². The molecule has 0 spiro atoms. The number of hydrogen-bond acceptors (Lipinski definition) is 5. The number of carbonyl (C=O) groups is 2. The third-order valence-corrected chi connectivity index (χ3v) is 2.76. The largest absolute Gasteiger partial charge is 0.497 e. The lowest BCUT2D eigenvalue weighted by Gasteiger charge is -2.25. The average Bonchev–Trinajstić information content (AvgIpc) is 2.36. The predicted molar refractivity (Wildman–Crippen MR) is 76.9 cm³/mol. The van der Waals surface area contributed by atoms with Crippen molar-refractivity contribution in [3.8, 4) is 5.75 Å². The minimum atomic E-state index is -1.48. The summed E-state index contributed by atoms with van der Waals surface area (Å²) in [6.45, 7) is 5.00. The molecule has 1 aromatic carbocycles. The Balaban J connectivity index is 3.04. The number of ether oxygens (including phenoxy) is 2. The van der Waals surface area contributed by atoms with E-state index >= 15 is 0 Å². The molecular formula is C15H21NO5. The van der Waals surface area contributed by atoms with Gasteiger partial charge in [-0.15, -0.1) is 0 Å². The number of esters is 1. The molecule has 0 fully saturated rings. The zero-order valence-electron chi connectivity index (χ0n) is 12.6. The van der Waals surface area contributed by atoms with Gasteiger partial charge in [0.05, 0.1) is 13.2 Å². The maximum Gasteiger partial charge on any atom is 0.322 e. The monoisotopic (exact) mass is 295 g/mol. The summed E-state index contributed by atoms with van der Waals surface area (Å²) in [7, 11) is 1.49. The molecule has 1 aromatic rings. The molecule has 2 atom stereocenters. The average molecular weight is 295 g/mol. The van der Waals surface area contributed by atoms with Gasteiger partial charge in [0, 0.05) is 0 Å². The zero-order chi connectivity index (χ0) is 16.2. The van der Waals surface area contributed by atoms with Crippen LogP contribution in [0, 0.1) is 5.92 Å². The minimum Gasteiger partial charge on any atom is -0.497 e. The van der Waals surface area contributed by atoms with E-state index in [1.165, 1.54) is 7.11 Å². The van der Waals surface area contributed by atoms with Crippen LogP contribution in [0.25, 0.3) is 0 Å². The van der Waals surface area contributed by atoms with Gasteiger partial charge in [0.15, 0.2) is 5.92 Å². The quantitative estimate of drug-likeness (QED) is 0.634. The summed E-state index contributed by atoms with van der Waals surface area (Å²) in [4.78, 5) is 23.4. The third kappa shape index (κ3) is 4.75. The molecule has 0 saturated carbocycles. The van der Waals surface area contributed by atoms with Crippen LogP contribution in [-0.2, 0) is 14.3 Å². The van der Waals surface area contributed by atoms with Gasteiger partial charge in [-0.2, -0.15) is 0 Å². The Kier molecular flexibility index (Phi) is 5.32. The van der Waals surface area contributed by atoms with Crippen molar-refractivity contribution in [2.45, 2.75) is 32.4 Å². The summed E-state index contributed by atoms with van der Waals surface area (Å²) in [5.41, 5.74) is 5.66. The van der Waals surface area contributed by atoms with E-state index in [0.29, 0.717) is 11.3 Å². The molecule has 0 aliphatic heterocycles. The third-order valence-electron chi connectivity index (χ3n) is 2.76. The van der Waals surface area contributed by atoms with Crippen LogP contribution in [0.4, 0.5) is 0 Å². The smallest absolute Gasteiger partial charge is 0.322 e. The second kappa shape index (κ2) is 6.58. The lowest BCUT2D eigenvalue weighted by atomic mass is 9.93. The lowest BCUT2D eigenvalue weighted by Crippen LogP contribution is -2.39. The van der Waals surface area contributed by atoms with E-state index in [9.17, 15) is 14.7 Å². The highest BCUT2D eigenvalue weighted by Crippen LogP contribution is 2.26. The van der Waals surface area contributed by atoms with Gasteiger partial charge in [0.1, 0.15) is 11.4 Å². The Morgan fingerprint density at radius 1 is 1.29 bits per heavy atom. The number of carbonyl (C=O) groups excluding carboxylic acids is 1. The number of carboxylic acids is 1. The number of methoxy groups -OCH3 is 1. The fourth-order valence-electron chi connectivity index (χ4n) is 1.81. The van der Waals surface area contributed by atoms with Crippen molar-refractivity contribution in [1.29, 1.82) is 0 Å². The van der Waals surface area contributed by atoms with Crippen LogP contribution in [-0.4, -0.2) is 29.8 Å². The molecule has 0 aliphatic rings. The van der Waals surface area contributed by atoms with E-state index in [1.54, 1.807) is 45.0 Å². The second-order valence-electron chi connectivity index (χ2n) is 5.65. The van der Waals surface area contributed by atoms with Crippen LogP contribution in [0.15, 0.2) is 24.3 Å². The highest BCUT2D eigenvalue weighted by atomic mass is 16.6. The van der Waals surface area contributed by atoms with Crippen molar-refractivity contribution in [3.63, 3.8) is 0 Å². The number of benzene rings is 1. The highest BCUT2D eigenvalue weighted by molar-refractivity contribution is 5.95. The van der Waals surface area contributed by atoms with Gasteiger partial charge in [0.2, 0.25) is 0 Å². The van der Waals surface area contributed by atoms with Gasteiger partial charge >= 0.3 is 11.9 Å². The summed E-state index contributed by atoms with van der Waals surface area (Å²) in [6, 6.07) is 5.62. The van der Waals surface area contributed by atoms with E-state index in [0.717, 1.165) is 0 Å².